The SMILES string of the molecule is COc1ccccc1[C@H](C#N)N1N=C(C)CC1(C)C. The quantitative estimate of drug-likeness (QED) is 0.836. The van der Waals surface area contributed by atoms with Gasteiger partial charge in [0.25, 0.3) is 0 Å². The third-order valence-electron chi connectivity index (χ3n) is 3.39. The second-order valence-electron chi connectivity index (χ2n) is 5.44. The van der Waals surface area contributed by atoms with E-state index in [0.717, 1.165) is 23.4 Å². The van der Waals surface area contributed by atoms with Crippen LogP contribution in [0.3, 0.4) is 0 Å². The standard InChI is InChI=1S/C15H19N3O/c1-11-9-15(2,3)18(17-11)13(10-16)12-7-5-6-8-14(12)19-4/h5-8,13H,9H2,1-4H3/t13-/m0/s1. The Labute approximate surface area is 114 Å². The number of methoxy groups -OCH3 is 1. The largest absolute Gasteiger partial charge is 0.496 e. The van der Waals surface area contributed by atoms with Crippen LogP contribution >= 0.6 is 0 Å². The molecule has 0 bridgehead atoms. The van der Waals surface area contributed by atoms with E-state index < -0.39 is 6.04 Å². The number of rotatable bonds is 3. The minimum atomic E-state index is -0.427. The number of benzene rings is 1. The highest BCUT2D eigenvalue weighted by Gasteiger charge is 2.38. The number of hydrogen-bond donors (Lipinski definition) is 0. The van der Waals surface area contributed by atoms with Crippen molar-refractivity contribution in [2.45, 2.75) is 38.8 Å². The van der Waals surface area contributed by atoms with E-state index in [1.54, 1.807) is 7.11 Å². The summed E-state index contributed by atoms with van der Waals surface area (Å²) in [6.07, 6.45) is 0.875. The van der Waals surface area contributed by atoms with Gasteiger partial charge >= 0.3 is 0 Å². The molecule has 19 heavy (non-hydrogen) atoms. The van der Waals surface area contributed by atoms with Crippen LogP contribution in [0, 0.1) is 11.3 Å². The van der Waals surface area contributed by atoms with Crippen molar-refractivity contribution in [2.24, 2.45) is 5.10 Å². The first kappa shape index (κ1) is 13.4. The Morgan fingerprint density at radius 3 is 2.63 bits per heavy atom. The molecule has 4 heteroatoms. The van der Waals surface area contributed by atoms with Crippen LogP contribution in [-0.2, 0) is 0 Å². The molecule has 0 aromatic heterocycles. The molecular formula is C15H19N3O. The highest BCUT2D eigenvalue weighted by molar-refractivity contribution is 5.84. The van der Waals surface area contributed by atoms with Crippen LogP contribution in [0.5, 0.6) is 5.75 Å². The molecule has 0 saturated heterocycles. The molecule has 1 heterocycles. The zero-order valence-electron chi connectivity index (χ0n) is 11.8. The zero-order chi connectivity index (χ0) is 14.0. The zero-order valence-corrected chi connectivity index (χ0v) is 11.8. The molecule has 0 amide bonds. The van der Waals surface area contributed by atoms with Gasteiger partial charge in [0.05, 0.1) is 18.7 Å². The maximum absolute atomic E-state index is 9.56. The molecule has 2 rings (SSSR count). The summed E-state index contributed by atoms with van der Waals surface area (Å²) in [5.74, 6) is 0.726. The van der Waals surface area contributed by atoms with E-state index in [9.17, 15) is 5.26 Å². The fraction of sp³-hybridized carbons (Fsp3) is 0.467. The summed E-state index contributed by atoms with van der Waals surface area (Å²) in [5, 5.41) is 16.0. The van der Waals surface area contributed by atoms with E-state index in [-0.39, 0.29) is 5.54 Å². The summed E-state index contributed by atoms with van der Waals surface area (Å²) in [5.41, 5.74) is 1.77. The van der Waals surface area contributed by atoms with Crippen molar-refractivity contribution >= 4 is 5.71 Å². The number of para-hydroxylation sites is 1. The molecule has 0 aliphatic carbocycles. The van der Waals surface area contributed by atoms with E-state index in [0.29, 0.717) is 0 Å². The van der Waals surface area contributed by atoms with Gasteiger partial charge in [-0.25, -0.2) is 0 Å². The molecule has 0 radical (unpaired) electrons. The van der Waals surface area contributed by atoms with Crippen molar-refractivity contribution in [1.82, 2.24) is 5.01 Å². The van der Waals surface area contributed by atoms with Crippen LogP contribution in [0.4, 0.5) is 0 Å². The Morgan fingerprint density at radius 2 is 2.11 bits per heavy atom. The number of ether oxygens (including phenoxy) is 1. The van der Waals surface area contributed by atoms with E-state index in [1.165, 1.54) is 0 Å². The first-order chi connectivity index (χ1) is 8.99. The van der Waals surface area contributed by atoms with Crippen molar-refractivity contribution < 1.29 is 4.74 Å². The summed E-state index contributed by atoms with van der Waals surface area (Å²) in [6.45, 7) is 6.21. The second-order valence-corrected chi connectivity index (χ2v) is 5.44. The van der Waals surface area contributed by atoms with Crippen molar-refractivity contribution in [3.8, 4) is 11.8 Å². The minimum Gasteiger partial charge on any atom is -0.496 e. The summed E-state index contributed by atoms with van der Waals surface area (Å²) in [6, 6.07) is 9.54. The third-order valence-corrected chi connectivity index (χ3v) is 3.39. The molecule has 1 aromatic carbocycles. The fourth-order valence-corrected chi connectivity index (χ4v) is 2.62. The van der Waals surface area contributed by atoms with E-state index in [4.69, 9.17) is 4.74 Å². The number of hydrazone groups is 1. The molecule has 100 valence electrons. The van der Waals surface area contributed by atoms with Gasteiger partial charge in [-0.2, -0.15) is 10.4 Å². The van der Waals surface area contributed by atoms with Gasteiger partial charge in [0.1, 0.15) is 5.75 Å². The van der Waals surface area contributed by atoms with E-state index >= 15 is 0 Å². The lowest BCUT2D eigenvalue weighted by Crippen LogP contribution is -2.38. The molecule has 1 atom stereocenters. The lowest BCUT2D eigenvalue weighted by atomic mass is 9.95. The number of nitriles is 1. The summed E-state index contributed by atoms with van der Waals surface area (Å²) >= 11 is 0. The molecule has 1 aliphatic heterocycles. The lowest BCUT2D eigenvalue weighted by molar-refractivity contribution is 0.121. The molecule has 4 nitrogen and oxygen atoms in total. The van der Waals surface area contributed by atoms with Crippen molar-refractivity contribution in [3.05, 3.63) is 29.8 Å². The normalized spacial score (nSPS) is 18.7. The van der Waals surface area contributed by atoms with Gasteiger partial charge < -0.3 is 4.74 Å². The van der Waals surface area contributed by atoms with Gasteiger partial charge in [0.15, 0.2) is 6.04 Å². The number of hydrogen-bond acceptors (Lipinski definition) is 4. The van der Waals surface area contributed by atoms with Crippen LogP contribution in [0.1, 0.15) is 38.8 Å². The van der Waals surface area contributed by atoms with E-state index in [2.05, 4.69) is 25.0 Å². The van der Waals surface area contributed by atoms with Crippen molar-refractivity contribution in [2.75, 3.05) is 7.11 Å². The van der Waals surface area contributed by atoms with Gasteiger partial charge in [-0.1, -0.05) is 18.2 Å². The fourth-order valence-electron chi connectivity index (χ4n) is 2.62. The summed E-state index contributed by atoms with van der Waals surface area (Å²) < 4.78 is 5.36. The monoisotopic (exact) mass is 257 g/mol. The third kappa shape index (κ3) is 2.41. The Hall–Kier alpha value is -2.02. The molecule has 0 saturated carbocycles. The molecule has 1 aliphatic rings. The Kier molecular flexibility index (Phi) is 3.48. The first-order valence-corrected chi connectivity index (χ1v) is 6.35. The molecule has 0 spiro atoms. The Bertz CT molecular complexity index is 543. The first-order valence-electron chi connectivity index (χ1n) is 6.35. The van der Waals surface area contributed by atoms with Crippen LogP contribution in [0.2, 0.25) is 0 Å². The minimum absolute atomic E-state index is 0.147. The van der Waals surface area contributed by atoms with Gasteiger partial charge in [0, 0.05) is 17.7 Å². The predicted octanol–water partition coefficient (Wildman–Crippen LogP) is 3.12. The predicted molar refractivity (Wildman–Crippen MR) is 75.0 cm³/mol. The number of nitrogens with zero attached hydrogens (tertiary/aromatic N) is 3. The van der Waals surface area contributed by atoms with Crippen LogP contribution in [-0.4, -0.2) is 23.4 Å². The van der Waals surface area contributed by atoms with Crippen molar-refractivity contribution in [1.29, 1.82) is 5.26 Å². The average Bonchev–Trinajstić information content (AvgIpc) is 2.64. The molecular weight excluding hydrogens is 238 g/mol. The molecule has 0 fully saturated rings. The summed E-state index contributed by atoms with van der Waals surface area (Å²) in [4.78, 5) is 0. The van der Waals surface area contributed by atoms with E-state index in [1.807, 2.05) is 36.2 Å². The van der Waals surface area contributed by atoms with Gasteiger partial charge in [-0.15, -0.1) is 0 Å². The maximum atomic E-state index is 9.56. The Morgan fingerprint density at radius 1 is 1.42 bits per heavy atom. The smallest absolute Gasteiger partial charge is 0.162 e. The topological polar surface area (TPSA) is 48.6 Å². The molecule has 0 unspecified atom stereocenters. The summed E-state index contributed by atoms with van der Waals surface area (Å²) in [7, 11) is 1.62. The highest BCUT2D eigenvalue weighted by Crippen LogP contribution is 2.38. The van der Waals surface area contributed by atoms with Gasteiger partial charge in [0.2, 0.25) is 0 Å². The Balaban J connectivity index is 2.44. The lowest BCUT2D eigenvalue weighted by Gasteiger charge is -2.34. The van der Waals surface area contributed by atoms with Crippen LogP contribution < -0.4 is 4.74 Å². The van der Waals surface area contributed by atoms with Gasteiger partial charge in [-0.3, -0.25) is 5.01 Å². The molecule has 1 aromatic rings. The van der Waals surface area contributed by atoms with Crippen LogP contribution in [0.25, 0.3) is 0 Å². The second kappa shape index (κ2) is 4.93. The van der Waals surface area contributed by atoms with Crippen molar-refractivity contribution in [3.63, 3.8) is 0 Å². The highest BCUT2D eigenvalue weighted by atomic mass is 16.5. The maximum Gasteiger partial charge on any atom is 0.162 e. The molecule has 0 N–H and O–H groups in total. The average molecular weight is 257 g/mol. The van der Waals surface area contributed by atoms with Crippen LogP contribution in [0.15, 0.2) is 29.4 Å². The van der Waals surface area contributed by atoms with Gasteiger partial charge in [-0.05, 0) is 26.8 Å².